The summed E-state index contributed by atoms with van der Waals surface area (Å²) in [7, 11) is 0. The molecule has 4 nitrogen and oxygen atoms in total. The number of carbonyl (C=O) groups is 1. The molecule has 0 aromatic heterocycles. The first-order valence-corrected chi connectivity index (χ1v) is 5.20. The largest absolute Gasteiger partial charge is 0.385 e. The van der Waals surface area contributed by atoms with Crippen LogP contribution >= 0.6 is 0 Å². The lowest BCUT2D eigenvalue weighted by Gasteiger charge is -2.04. The Morgan fingerprint density at radius 1 is 1.35 bits per heavy atom. The quantitative estimate of drug-likeness (QED) is 0.291. The van der Waals surface area contributed by atoms with Crippen molar-refractivity contribution in [3.05, 3.63) is 48.1 Å². The van der Waals surface area contributed by atoms with Gasteiger partial charge in [-0.25, -0.2) is 0 Å². The molecule has 0 saturated carbocycles. The molecule has 0 fully saturated rings. The fourth-order valence-electron chi connectivity index (χ4n) is 1.07. The smallest absolute Gasteiger partial charge is 0.169 e. The highest BCUT2D eigenvalue weighted by Gasteiger charge is 1.93. The van der Waals surface area contributed by atoms with E-state index in [0.717, 1.165) is 5.57 Å². The molecule has 2 N–H and O–H groups in total. The van der Waals surface area contributed by atoms with E-state index >= 15 is 0 Å². The second kappa shape index (κ2) is 9.15. The number of nitrogens with one attached hydrogen (secondary N) is 2. The Hall–Kier alpha value is -2.10. The van der Waals surface area contributed by atoms with Crippen LogP contribution < -0.4 is 10.6 Å². The molecule has 0 spiro atoms. The van der Waals surface area contributed by atoms with E-state index in [0.29, 0.717) is 12.8 Å². The van der Waals surface area contributed by atoms with Crippen LogP contribution in [0.3, 0.4) is 0 Å². The van der Waals surface area contributed by atoms with E-state index < -0.39 is 0 Å². The third-order valence-electron chi connectivity index (χ3n) is 1.72. The number of nitrogens with zero attached hydrogens (tertiary/aromatic N) is 1. The maximum atomic E-state index is 10.5. The van der Waals surface area contributed by atoms with Crippen molar-refractivity contribution in [3.63, 3.8) is 0 Å². The third kappa shape index (κ3) is 7.79. The molecule has 0 saturated heterocycles. The van der Waals surface area contributed by atoms with Gasteiger partial charge in [0, 0.05) is 18.9 Å². The monoisotopic (exact) mass is 233 g/mol. The van der Waals surface area contributed by atoms with Crippen LogP contribution in [0.2, 0.25) is 0 Å². The Kier molecular flexibility index (Phi) is 8.02. The zero-order valence-electron chi connectivity index (χ0n) is 10.4. The van der Waals surface area contributed by atoms with Gasteiger partial charge >= 0.3 is 0 Å². The van der Waals surface area contributed by atoms with Crippen LogP contribution in [-0.2, 0) is 4.79 Å². The van der Waals surface area contributed by atoms with Gasteiger partial charge in [-0.05, 0) is 32.3 Å². The summed E-state index contributed by atoms with van der Waals surface area (Å²) in [5, 5.41) is 5.90. The molecule has 0 radical (unpaired) electrons. The lowest BCUT2D eigenvalue weighted by molar-refractivity contribution is -0.104. The predicted molar refractivity (Wildman–Crippen MR) is 72.5 cm³/mol. The van der Waals surface area contributed by atoms with Crippen LogP contribution in [0, 0.1) is 0 Å². The minimum atomic E-state index is 0.276. The maximum Gasteiger partial charge on any atom is 0.169 e. The van der Waals surface area contributed by atoms with Gasteiger partial charge in [0.15, 0.2) is 6.29 Å². The molecular weight excluding hydrogens is 214 g/mol. The van der Waals surface area contributed by atoms with Gasteiger partial charge in [-0.15, -0.1) is 0 Å². The summed E-state index contributed by atoms with van der Waals surface area (Å²) < 4.78 is 0. The first-order chi connectivity index (χ1) is 8.13. The molecular formula is C13H19N3O. The first kappa shape index (κ1) is 14.9. The van der Waals surface area contributed by atoms with Crippen molar-refractivity contribution < 1.29 is 4.79 Å². The number of aldehydes is 1. The molecule has 4 heteroatoms. The van der Waals surface area contributed by atoms with Crippen molar-refractivity contribution in [3.8, 4) is 0 Å². The van der Waals surface area contributed by atoms with Gasteiger partial charge in [-0.2, -0.15) is 0 Å². The molecule has 0 unspecified atom stereocenters. The molecule has 17 heavy (non-hydrogen) atoms. The summed E-state index contributed by atoms with van der Waals surface area (Å²) in [6, 6.07) is 0. The number of rotatable bonds is 8. The second-order valence-corrected chi connectivity index (χ2v) is 3.54. The Balaban J connectivity index is 4.51. The van der Waals surface area contributed by atoms with Gasteiger partial charge < -0.3 is 10.6 Å². The number of aliphatic imine (C=N–C) groups is 1. The van der Waals surface area contributed by atoms with Gasteiger partial charge in [0.05, 0.1) is 0 Å². The van der Waals surface area contributed by atoms with Gasteiger partial charge in [-0.3, -0.25) is 9.79 Å². The third-order valence-corrected chi connectivity index (χ3v) is 1.72. The average Bonchev–Trinajstić information content (AvgIpc) is 2.30. The van der Waals surface area contributed by atoms with Gasteiger partial charge in [-0.1, -0.05) is 18.2 Å². The van der Waals surface area contributed by atoms with Crippen molar-refractivity contribution in [1.82, 2.24) is 10.6 Å². The number of hydrogen-bond acceptors (Lipinski definition) is 4. The van der Waals surface area contributed by atoms with E-state index in [9.17, 15) is 4.79 Å². The lowest BCUT2D eigenvalue weighted by Crippen LogP contribution is -2.12. The van der Waals surface area contributed by atoms with Crippen molar-refractivity contribution >= 4 is 13.0 Å². The highest BCUT2D eigenvalue weighted by Crippen LogP contribution is 2.00. The zero-order chi connectivity index (χ0) is 13.1. The molecule has 0 aliphatic rings. The van der Waals surface area contributed by atoms with Crippen molar-refractivity contribution in [2.75, 3.05) is 6.54 Å². The fourth-order valence-corrected chi connectivity index (χ4v) is 1.07. The van der Waals surface area contributed by atoms with Crippen molar-refractivity contribution in [2.24, 2.45) is 4.99 Å². The van der Waals surface area contributed by atoms with E-state index in [2.05, 4.69) is 28.9 Å². The van der Waals surface area contributed by atoms with Crippen LogP contribution in [0.4, 0.5) is 0 Å². The molecule has 0 rings (SSSR count). The van der Waals surface area contributed by atoms with Crippen LogP contribution in [0.15, 0.2) is 53.1 Å². The minimum absolute atomic E-state index is 0.276. The maximum absolute atomic E-state index is 10.5. The second-order valence-electron chi connectivity index (χ2n) is 3.54. The van der Waals surface area contributed by atoms with Crippen LogP contribution in [0.25, 0.3) is 0 Å². The zero-order valence-corrected chi connectivity index (χ0v) is 10.4. The molecule has 0 aromatic carbocycles. The molecule has 0 amide bonds. The van der Waals surface area contributed by atoms with E-state index in [1.807, 2.05) is 26.1 Å². The fraction of sp³-hybridized carbons (Fsp3) is 0.231. The van der Waals surface area contributed by atoms with Crippen molar-refractivity contribution in [1.29, 1.82) is 0 Å². The number of allylic oxidation sites excluding steroid dienone is 2. The molecule has 0 heterocycles. The normalized spacial score (nSPS) is 11.4. The predicted octanol–water partition coefficient (Wildman–Crippen LogP) is 1.90. The van der Waals surface area contributed by atoms with Gasteiger partial charge in [0.1, 0.15) is 5.70 Å². The average molecular weight is 233 g/mol. The van der Waals surface area contributed by atoms with E-state index in [1.54, 1.807) is 6.20 Å². The van der Waals surface area contributed by atoms with Crippen molar-refractivity contribution in [2.45, 2.75) is 13.8 Å². The Morgan fingerprint density at radius 2 is 2.06 bits per heavy atom. The Bertz CT molecular complexity index is 351. The Labute approximate surface area is 103 Å². The summed E-state index contributed by atoms with van der Waals surface area (Å²) in [5.41, 5.74) is 2.50. The minimum Gasteiger partial charge on any atom is -0.385 e. The molecule has 0 aromatic rings. The standard InChI is InChI=1S/C13H19N3O/c1-5-15-7-12(6-11(2)3)8-16-9-13(10-17)14-4/h5-7,9-10,15-16H,1,4,8H2,2-3H3/b12-7+,13-9-. The first-order valence-electron chi connectivity index (χ1n) is 5.20. The number of hydrogen-bond donors (Lipinski definition) is 2. The summed E-state index contributed by atoms with van der Waals surface area (Å²) in [4.78, 5) is 14.0. The molecule has 0 atom stereocenters. The highest BCUT2D eigenvalue weighted by molar-refractivity contribution is 5.73. The summed E-state index contributed by atoms with van der Waals surface area (Å²) in [6.07, 6.45) is 7.63. The molecule has 0 aliphatic heterocycles. The topological polar surface area (TPSA) is 53.5 Å². The van der Waals surface area contributed by atoms with Crippen LogP contribution in [0.1, 0.15) is 13.8 Å². The van der Waals surface area contributed by atoms with Crippen LogP contribution in [-0.4, -0.2) is 19.5 Å². The van der Waals surface area contributed by atoms with E-state index in [-0.39, 0.29) is 5.70 Å². The molecule has 92 valence electrons. The number of carbonyl (C=O) groups excluding carboxylic acids is 1. The van der Waals surface area contributed by atoms with Crippen LogP contribution in [0.5, 0.6) is 0 Å². The molecule has 0 aliphatic carbocycles. The lowest BCUT2D eigenvalue weighted by atomic mass is 10.2. The molecule has 0 bridgehead atoms. The summed E-state index contributed by atoms with van der Waals surface area (Å²) >= 11 is 0. The van der Waals surface area contributed by atoms with Gasteiger partial charge in [0.2, 0.25) is 0 Å². The van der Waals surface area contributed by atoms with Gasteiger partial charge in [0.25, 0.3) is 0 Å². The highest BCUT2D eigenvalue weighted by atomic mass is 16.1. The SMILES string of the molecule is C=CN/C=C(\C=C(C)C)CN/C=C(/C=O)N=C. The van der Waals surface area contributed by atoms with E-state index in [1.165, 1.54) is 11.8 Å². The Morgan fingerprint density at radius 3 is 2.53 bits per heavy atom. The van der Waals surface area contributed by atoms with E-state index in [4.69, 9.17) is 0 Å². The summed E-state index contributed by atoms with van der Waals surface area (Å²) in [6.45, 7) is 11.5. The summed E-state index contributed by atoms with van der Waals surface area (Å²) in [5.74, 6) is 0.